The average Bonchev–Trinajstić information content (AvgIpc) is 2.64. The smallest absolute Gasteiger partial charge is 0.273 e. The van der Waals surface area contributed by atoms with E-state index < -0.39 is 5.91 Å². The zero-order valence-electron chi connectivity index (χ0n) is 9.88. The summed E-state index contributed by atoms with van der Waals surface area (Å²) >= 11 is 1.20. The van der Waals surface area contributed by atoms with Crippen LogP contribution in [-0.4, -0.2) is 41.8 Å². The van der Waals surface area contributed by atoms with E-state index in [1.807, 2.05) is 14.1 Å². The molecule has 17 heavy (non-hydrogen) atoms. The Bertz CT molecular complexity index is 429. The van der Waals surface area contributed by atoms with E-state index in [1.54, 1.807) is 17.2 Å². The number of primary amides is 1. The first-order chi connectivity index (χ1) is 7.91. The number of hydrogen-bond acceptors (Lipinski definition) is 7. The van der Waals surface area contributed by atoms with Crippen LogP contribution in [0.3, 0.4) is 0 Å². The van der Waals surface area contributed by atoms with Crippen LogP contribution in [0.5, 0.6) is 0 Å². The first kappa shape index (κ1) is 13.4. The first-order valence-electron chi connectivity index (χ1n) is 4.83. The van der Waals surface area contributed by atoms with Gasteiger partial charge in [-0.15, -0.1) is 11.3 Å². The van der Waals surface area contributed by atoms with Crippen LogP contribution in [0.2, 0.25) is 0 Å². The number of nitrogens with zero attached hydrogens (tertiary/aromatic N) is 3. The summed E-state index contributed by atoms with van der Waals surface area (Å²) < 4.78 is 0. The standard InChI is InChI=1S/C9H15N5O2S/c1-5(14(2)3)16-13-7(8(10)15)6-4-17-9(11)12-6/h4-5H,1-3H3,(H2,10,15)(H2,11,12)/b13-7-. The summed E-state index contributed by atoms with van der Waals surface area (Å²) in [5.41, 5.74) is 11.0. The van der Waals surface area contributed by atoms with Gasteiger partial charge >= 0.3 is 0 Å². The fourth-order valence-electron chi connectivity index (χ4n) is 0.838. The Kier molecular flexibility index (Phi) is 4.41. The maximum Gasteiger partial charge on any atom is 0.273 e. The molecule has 0 aliphatic heterocycles. The maximum absolute atomic E-state index is 11.2. The van der Waals surface area contributed by atoms with Crippen molar-refractivity contribution in [3.63, 3.8) is 0 Å². The lowest BCUT2D eigenvalue weighted by molar-refractivity contribution is -0.112. The van der Waals surface area contributed by atoms with Gasteiger partial charge in [0, 0.05) is 5.38 Å². The van der Waals surface area contributed by atoms with E-state index in [-0.39, 0.29) is 11.9 Å². The van der Waals surface area contributed by atoms with Crippen molar-refractivity contribution in [1.29, 1.82) is 0 Å². The Hall–Kier alpha value is -1.67. The van der Waals surface area contributed by atoms with Crippen LogP contribution < -0.4 is 11.5 Å². The van der Waals surface area contributed by atoms with E-state index in [1.165, 1.54) is 11.3 Å². The van der Waals surface area contributed by atoms with Crippen LogP contribution in [0.15, 0.2) is 10.5 Å². The summed E-state index contributed by atoms with van der Waals surface area (Å²) in [6.45, 7) is 1.79. The summed E-state index contributed by atoms with van der Waals surface area (Å²) in [5, 5.41) is 5.66. The molecule has 0 aromatic carbocycles. The quantitative estimate of drug-likeness (QED) is 0.433. The summed E-state index contributed by atoms with van der Waals surface area (Å²) in [6, 6.07) is 0. The molecule has 1 aromatic rings. The number of carbonyl (C=O) groups is 1. The monoisotopic (exact) mass is 257 g/mol. The zero-order chi connectivity index (χ0) is 13.0. The van der Waals surface area contributed by atoms with Crippen LogP contribution in [0, 0.1) is 0 Å². The van der Waals surface area contributed by atoms with Crippen LogP contribution in [0.25, 0.3) is 0 Å². The van der Waals surface area contributed by atoms with Gasteiger partial charge in [0.05, 0.1) is 0 Å². The van der Waals surface area contributed by atoms with Crippen molar-refractivity contribution in [3.05, 3.63) is 11.1 Å². The Labute approximate surface area is 103 Å². The number of hydrogen-bond donors (Lipinski definition) is 2. The summed E-state index contributed by atoms with van der Waals surface area (Å²) in [7, 11) is 3.65. The van der Waals surface area contributed by atoms with E-state index in [9.17, 15) is 4.79 Å². The van der Waals surface area contributed by atoms with Gasteiger partial charge in [0.15, 0.2) is 17.1 Å². The van der Waals surface area contributed by atoms with Gasteiger partial charge in [-0.05, 0) is 21.0 Å². The second-order valence-corrected chi connectivity index (χ2v) is 4.43. The van der Waals surface area contributed by atoms with Gasteiger partial charge in [-0.3, -0.25) is 9.69 Å². The van der Waals surface area contributed by atoms with Gasteiger partial charge in [-0.25, -0.2) is 4.98 Å². The first-order valence-corrected chi connectivity index (χ1v) is 5.71. The van der Waals surface area contributed by atoms with Gasteiger partial charge in [-0.2, -0.15) is 0 Å². The number of oxime groups is 1. The molecule has 4 N–H and O–H groups in total. The third-order valence-electron chi connectivity index (χ3n) is 2.02. The van der Waals surface area contributed by atoms with Crippen LogP contribution >= 0.6 is 11.3 Å². The van der Waals surface area contributed by atoms with Crippen molar-refractivity contribution in [3.8, 4) is 0 Å². The number of nitrogen functional groups attached to an aromatic ring is 1. The average molecular weight is 257 g/mol. The zero-order valence-corrected chi connectivity index (χ0v) is 10.7. The summed E-state index contributed by atoms with van der Waals surface area (Å²) in [6.07, 6.45) is -0.277. The Morgan fingerprint density at radius 3 is 2.71 bits per heavy atom. The molecule has 1 unspecified atom stereocenters. The minimum atomic E-state index is -0.707. The van der Waals surface area contributed by atoms with E-state index in [4.69, 9.17) is 16.3 Å². The molecule has 0 saturated heterocycles. The topological polar surface area (TPSA) is 107 Å². The molecule has 1 atom stereocenters. The lowest BCUT2D eigenvalue weighted by Crippen LogP contribution is -2.29. The molecule has 0 saturated carbocycles. The number of amides is 1. The maximum atomic E-state index is 11.2. The molecular weight excluding hydrogens is 242 g/mol. The number of carbonyl (C=O) groups excluding carboxylic acids is 1. The van der Waals surface area contributed by atoms with E-state index >= 15 is 0 Å². The van der Waals surface area contributed by atoms with Crippen molar-refractivity contribution >= 4 is 28.1 Å². The van der Waals surface area contributed by atoms with Crippen molar-refractivity contribution < 1.29 is 9.63 Å². The van der Waals surface area contributed by atoms with Gasteiger partial charge in [-0.1, -0.05) is 5.16 Å². The number of anilines is 1. The van der Waals surface area contributed by atoms with E-state index in [0.717, 1.165) is 0 Å². The number of aromatic nitrogens is 1. The highest BCUT2D eigenvalue weighted by atomic mass is 32.1. The molecule has 0 bridgehead atoms. The molecule has 0 radical (unpaired) electrons. The molecule has 0 aliphatic rings. The van der Waals surface area contributed by atoms with Crippen LogP contribution in [-0.2, 0) is 9.63 Å². The van der Waals surface area contributed by atoms with Crippen LogP contribution in [0.4, 0.5) is 5.13 Å². The third kappa shape index (κ3) is 3.68. The molecule has 0 fully saturated rings. The summed E-state index contributed by atoms with van der Waals surface area (Å²) in [4.78, 5) is 22.1. The Morgan fingerprint density at radius 1 is 1.65 bits per heavy atom. The second kappa shape index (κ2) is 5.60. The SMILES string of the molecule is CC(O/N=C(\C(N)=O)c1csc(N)n1)N(C)C. The van der Waals surface area contributed by atoms with Crippen LogP contribution in [0.1, 0.15) is 12.6 Å². The van der Waals surface area contributed by atoms with Crippen molar-refractivity contribution in [2.24, 2.45) is 10.9 Å². The van der Waals surface area contributed by atoms with Crippen molar-refractivity contribution in [1.82, 2.24) is 9.88 Å². The van der Waals surface area contributed by atoms with E-state index in [0.29, 0.717) is 10.8 Å². The van der Waals surface area contributed by atoms with Gasteiger partial charge in [0.25, 0.3) is 5.91 Å². The summed E-state index contributed by atoms with van der Waals surface area (Å²) in [5.74, 6) is -0.707. The molecule has 1 aromatic heterocycles. The highest BCUT2D eigenvalue weighted by Gasteiger charge is 2.16. The lowest BCUT2D eigenvalue weighted by Gasteiger charge is -2.17. The number of nitrogens with two attached hydrogens (primary N) is 2. The molecule has 1 amide bonds. The number of thiazole rings is 1. The molecule has 0 aliphatic carbocycles. The Morgan fingerprint density at radius 2 is 2.29 bits per heavy atom. The molecule has 8 heteroatoms. The molecule has 0 spiro atoms. The minimum Gasteiger partial charge on any atom is -0.376 e. The lowest BCUT2D eigenvalue weighted by atomic mass is 10.3. The minimum absolute atomic E-state index is 0.0355. The normalized spacial score (nSPS) is 13.8. The third-order valence-corrected chi connectivity index (χ3v) is 2.70. The highest BCUT2D eigenvalue weighted by Crippen LogP contribution is 2.12. The molecule has 1 rings (SSSR count). The molecule has 7 nitrogen and oxygen atoms in total. The fourth-order valence-corrected chi connectivity index (χ4v) is 1.39. The molecular formula is C9H15N5O2S. The number of rotatable bonds is 5. The van der Waals surface area contributed by atoms with Gasteiger partial charge in [0.1, 0.15) is 5.69 Å². The predicted molar refractivity (Wildman–Crippen MR) is 66.5 cm³/mol. The molecule has 94 valence electrons. The van der Waals surface area contributed by atoms with Crippen molar-refractivity contribution in [2.75, 3.05) is 19.8 Å². The van der Waals surface area contributed by atoms with E-state index in [2.05, 4.69) is 10.1 Å². The Balaban J connectivity index is 2.87. The van der Waals surface area contributed by atoms with Gasteiger partial charge < -0.3 is 16.3 Å². The highest BCUT2D eigenvalue weighted by molar-refractivity contribution is 7.13. The predicted octanol–water partition coefficient (Wildman–Crippen LogP) is -0.161. The largest absolute Gasteiger partial charge is 0.376 e. The van der Waals surface area contributed by atoms with Crippen molar-refractivity contribution in [2.45, 2.75) is 13.2 Å². The fraction of sp³-hybridized carbons (Fsp3) is 0.444. The second-order valence-electron chi connectivity index (χ2n) is 3.54. The van der Waals surface area contributed by atoms with Gasteiger partial charge in [0.2, 0.25) is 0 Å². The molecule has 1 heterocycles.